The fourth-order valence-corrected chi connectivity index (χ4v) is 4.04. The summed E-state index contributed by atoms with van der Waals surface area (Å²) >= 11 is 0. The molecule has 27 heavy (non-hydrogen) atoms. The first-order valence-electron chi connectivity index (χ1n) is 9.01. The molecular formula is C21H22Cl2N4. The Bertz CT molecular complexity index is 1020. The monoisotopic (exact) mass is 400 g/mol. The average Bonchev–Trinajstić information content (AvgIpc) is 3.18. The van der Waals surface area contributed by atoms with Crippen molar-refractivity contribution in [3.05, 3.63) is 72.9 Å². The van der Waals surface area contributed by atoms with Crippen LogP contribution in [0.15, 0.2) is 72.9 Å². The lowest BCUT2D eigenvalue weighted by molar-refractivity contribution is -0.952. The Morgan fingerprint density at radius 1 is 0.667 bits per heavy atom. The Morgan fingerprint density at radius 2 is 1.30 bits per heavy atom. The van der Waals surface area contributed by atoms with Gasteiger partial charge in [-0.1, -0.05) is 30.3 Å². The molecule has 6 heteroatoms. The van der Waals surface area contributed by atoms with Gasteiger partial charge in [0.05, 0.1) is 11.0 Å². The number of rotatable bonds is 2. The third-order valence-corrected chi connectivity index (χ3v) is 5.34. The van der Waals surface area contributed by atoms with E-state index in [1.807, 2.05) is 0 Å². The van der Waals surface area contributed by atoms with Crippen molar-refractivity contribution in [2.45, 2.75) is 0 Å². The van der Waals surface area contributed by atoms with Crippen molar-refractivity contribution in [1.82, 2.24) is 9.38 Å². The smallest absolute Gasteiger partial charge is 0.251 e. The lowest BCUT2D eigenvalue weighted by atomic mass is 10.2. The van der Waals surface area contributed by atoms with Crippen molar-refractivity contribution in [1.29, 1.82) is 0 Å². The van der Waals surface area contributed by atoms with Crippen LogP contribution in [0.1, 0.15) is 0 Å². The highest BCUT2D eigenvalue weighted by Crippen LogP contribution is 2.19. The molecule has 5 rings (SSSR count). The van der Waals surface area contributed by atoms with Gasteiger partial charge in [-0.3, -0.25) is 9.80 Å². The quantitative estimate of drug-likeness (QED) is 0.347. The van der Waals surface area contributed by atoms with Crippen molar-refractivity contribution >= 4 is 28.1 Å². The summed E-state index contributed by atoms with van der Waals surface area (Å²) in [6.45, 7) is 4.49. The maximum Gasteiger partial charge on any atom is 0.251 e. The molecule has 0 saturated carbocycles. The van der Waals surface area contributed by atoms with Gasteiger partial charge in [0.25, 0.3) is 5.82 Å². The summed E-state index contributed by atoms with van der Waals surface area (Å²) in [4.78, 5) is 8.10. The van der Waals surface area contributed by atoms with Gasteiger partial charge in [0.1, 0.15) is 37.4 Å². The molecular weight excluding hydrogens is 379 g/mol. The van der Waals surface area contributed by atoms with E-state index in [9.17, 15) is 0 Å². The van der Waals surface area contributed by atoms with Crippen LogP contribution in [0.5, 0.6) is 0 Å². The normalized spacial score (nSPS) is 19.4. The number of benzene rings is 2. The summed E-state index contributed by atoms with van der Waals surface area (Å²) in [5.41, 5.74) is 4.89. The largest absolute Gasteiger partial charge is 1.00 e. The van der Waals surface area contributed by atoms with E-state index in [-0.39, 0.29) is 24.8 Å². The number of aromatic nitrogens is 2. The molecule has 0 unspecified atom stereocenters. The van der Waals surface area contributed by atoms with Gasteiger partial charge in [-0.05, 0) is 36.4 Å². The second kappa shape index (κ2) is 8.28. The summed E-state index contributed by atoms with van der Waals surface area (Å²) in [5, 5.41) is 0. The Hall–Kier alpha value is -2.11. The molecule has 3 heterocycles. The molecule has 2 aromatic carbocycles. The lowest BCUT2D eigenvalue weighted by Gasteiger charge is -2.29. The van der Waals surface area contributed by atoms with Gasteiger partial charge >= 0.3 is 0 Å². The van der Waals surface area contributed by atoms with E-state index in [4.69, 9.17) is 4.98 Å². The topological polar surface area (TPSA) is 26.2 Å². The minimum absolute atomic E-state index is 0. The van der Waals surface area contributed by atoms with Gasteiger partial charge in [0.15, 0.2) is 0 Å². The molecule has 1 saturated heterocycles. The van der Waals surface area contributed by atoms with Crippen LogP contribution in [0.3, 0.4) is 0 Å². The van der Waals surface area contributed by atoms with Crippen molar-refractivity contribution < 1.29 is 34.6 Å². The predicted octanol–water partition coefficient (Wildman–Crippen LogP) is -4.76. The maximum absolute atomic E-state index is 5.03. The fourth-order valence-electron chi connectivity index (χ4n) is 4.04. The molecule has 2 N–H and O–H groups in total. The number of halogens is 2. The molecule has 1 aliphatic rings. The Labute approximate surface area is 171 Å². The van der Waals surface area contributed by atoms with Crippen LogP contribution in [0.4, 0.5) is 11.5 Å². The molecule has 1 aliphatic heterocycles. The Kier molecular flexibility index (Phi) is 6.02. The molecule has 4 nitrogen and oxygen atoms in total. The van der Waals surface area contributed by atoms with Crippen molar-refractivity contribution in [3.63, 3.8) is 0 Å². The molecule has 0 radical (unpaired) electrons. The number of piperazine rings is 1. The first-order valence-corrected chi connectivity index (χ1v) is 9.01. The first kappa shape index (κ1) is 19.6. The zero-order chi connectivity index (χ0) is 16.6. The van der Waals surface area contributed by atoms with Gasteiger partial charge in [0, 0.05) is 6.20 Å². The zero-order valence-corrected chi connectivity index (χ0v) is 16.4. The van der Waals surface area contributed by atoms with Crippen LogP contribution in [0.25, 0.3) is 16.6 Å². The molecule has 140 valence electrons. The van der Waals surface area contributed by atoms with Crippen molar-refractivity contribution in [3.8, 4) is 0 Å². The highest BCUT2D eigenvalue weighted by Gasteiger charge is 2.28. The minimum Gasteiger partial charge on any atom is -1.00 e. The summed E-state index contributed by atoms with van der Waals surface area (Å²) in [5.74, 6) is 1.19. The predicted molar refractivity (Wildman–Crippen MR) is 99.9 cm³/mol. The van der Waals surface area contributed by atoms with Crippen LogP contribution in [0.2, 0.25) is 0 Å². The highest BCUT2D eigenvalue weighted by atomic mass is 35.5. The summed E-state index contributed by atoms with van der Waals surface area (Å²) in [6.07, 6.45) is 2.15. The number of nitrogens with one attached hydrogen (secondary N) is 2. The molecule has 0 atom stereocenters. The molecule has 1 fully saturated rings. The van der Waals surface area contributed by atoms with Crippen LogP contribution in [0, 0.1) is 0 Å². The van der Waals surface area contributed by atoms with Gasteiger partial charge < -0.3 is 29.2 Å². The number of para-hydroxylation sites is 3. The number of nitrogens with zero attached hydrogens (tertiary/aromatic N) is 2. The van der Waals surface area contributed by atoms with Crippen molar-refractivity contribution in [2.24, 2.45) is 0 Å². The third kappa shape index (κ3) is 3.54. The van der Waals surface area contributed by atoms with Gasteiger partial charge in [-0.25, -0.2) is 0 Å². The number of hydrogen-bond acceptors (Lipinski definition) is 1. The minimum atomic E-state index is 0. The molecule has 0 aliphatic carbocycles. The van der Waals surface area contributed by atoms with Crippen LogP contribution >= 0.6 is 0 Å². The van der Waals surface area contributed by atoms with E-state index < -0.39 is 0 Å². The number of quaternary nitrogens is 2. The fraction of sp³-hybridized carbons (Fsp3) is 0.190. The summed E-state index contributed by atoms with van der Waals surface area (Å²) < 4.78 is 2.28. The molecule has 2 aromatic heterocycles. The molecule has 0 bridgehead atoms. The molecule has 0 spiro atoms. The Balaban J connectivity index is 0.00000105. The van der Waals surface area contributed by atoms with E-state index in [0.717, 1.165) is 31.7 Å². The summed E-state index contributed by atoms with van der Waals surface area (Å²) in [6, 6.07) is 23.6. The SMILES string of the molecule is [Cl-].[Cl-].c1ccc([NH+]2CC[NH+](c3nc4ccccc4n4cccc34)CC2)cc1. The maximum atomic E-state index is 5.03. The van der Waals surface area contributed by atoms with Gasteiger partial charge in [-0.15, -0.1) is 0 Å². The van der Waals surface area contributed by atoms with Crippen LogP contribution in [-0.2, 0) is 0 Å². The second-order valence-electron chi connectivity index (χ2n) is 6.79. The van der Waals surface area contributed by atoms with E-state index in [2.05, 4.69) is 77.3 Å². The summed E-state index contributed by atoms with van der Waals surface area (Å²) in [7, 11) is 0. The first-order chi connectivity index (χ1) is 12.4. The average molecular weight is 401 g/mol. The van der Waals surface area contributed by atoms with E-state index in [1.165, 1.54) is 27.4 Å². The van der Waals surface area contributed by atoms with Crippen molar-refractivity contribution in [2.75, 3.05) is 26.2 Å². The van der Waals surface area contributed by atoms with E-state index in [1.54, 1.807) is 4.90 Å². The van der Waals surface area contributed by atoms with Crippen LogP contribution in [-0.4, -0.2) is 35.6 Å². The zero-order valence-electron chi connectivity index (χ0n) is 14.9. The molecule has 0 amide bonds. The number of fused-ring (bicyclic) bond motifs is 3. The highest BCUT2D eigenvalue weighted by molar-refractivity contribution is 5.82. The standard InChI is InChI=1S/C21H20N4.2ClH/c1-2-7-17(8-3-1)23-13-15-24(16-14-23)21-20-11-6-12-25(20)19-10-5-4-9-18(19)22-21;;/h1-12H,13-16H2;2*1H. The van der Waals surface area contributed by atoms with Gasteiger partial charge in [0.2, 0.25) is 0 Å². The lowest BCUT2D eigenvalue weighted by Crippen LogP contribution is -3.24. The van der Waals surface area contributed by atoms with E-state index in [0.29, 0.717) is 0 Å². The number of hydrogen-bond donors (Lipinski definition) is 2. The molecule has 4 aromatic rings. The van der Waals surface area contributed by atoms with Crippen LogP contribution < -0.4 is 34.6 Å². The Morgan fingerprint density at radius 3 is 2.07 bits per heavy atom. The van der Waals surface area contributed by atoms with Gasteiger partial charge in [-0.2, -0.15) is 4.98 Å². The third-order valence-electron chi connectivity index (χ3n) is 5.34. The second-order valence-corrected chi connectivity index (χ2v) is 6.79. The van der Waals surface area contributed by atoms with E-state index >= 15 is 0 Å².